The molecule has 1 aromatic rings. The third-order valence-corrected chi connectivity index (χ3v) is 2.64. The van der Waals surface area contributed by atoms with Gasteiger partial charge < -0.3 is 10.0 Å². The molecule has 0 atom stereocenters. The van der Waals surface area contributed by atoms with Crippen LogP contribution in [-0.4, -0.2) is 28.6 Å². The number of hydrogen-bond donors (Lipinski definition) is 1. The van der Waals surface area contributed by atoms with Gasteiger partial charge in [-0.3, -0.25) is 9.78 Å². The number of aliphatic carboxylic acids is 1. The second-order valence-electron chi connectivity index (χ2n) is 4.29. The van der Waals surface area contributed by atoms with Crippen molar-refractivity contribution in [3.63, 3.8) is 0 Å². The Hall–Kier alpha value is -2.09. The molecule has 0 saturated carbocycles. The molecule has 5 heteroatoms. The number of anilines is 1. The maximum atomic E-state index is 10.5. The average molecular weight is 247 g/mol. The Balaban J connectivity index is 2.84. The minimum absolute atomic E-state index is 0.130. The van der Waals surface area contributed by atoms with E-state index in [9.17, 15) is 4.79 Å². The molecule has 1 rings (SSSR count). The van der Waals surface area contributed by atoms with Crippen LogP contribution in [0.3, 0.4) is 0 Å². The smallest absolute Gasteiger partial charge is 0.303 e. The summed E-state index contributed by atoms with van der Waals surface area (Å²) in [6.07, 6.45) is 3.91. The van der Waals surface area contributed by atoms with Gasteiger partial charge in [-0.15, -0.1) is 0 Å². The van der Waals surface area contributed by atoms with E-state index >= 15 is 0 Å². The summed E-state index contributed by atoms with van der Waals surface area (Å²) in [4.78, 5) is 16.6. The summed E-state index contributed by atoms with van der Waals surface area (Å²) in [6.45, 7) is 4.62. The molecule has 0 spiro atoms. The van der Waals surface area contributed by atoms with E-state index in [0.717, 1.165) is 5.69 Å². The highest BCUT2D eigenvalue weighted by molar-refractivity contribution is 5.66. The van der Waals surface area contributed by atoms with Gasteiger partial charge in [0.05, 0.1) is 17.4 Å². The molecule has 0 unspecified atom stereocenters. The van der Waals surface area contributed by atoms with Crippen molar-refractivity contribution in [1.29, 1.82) is 5.26 Å². The van der Waals surface area contributed by atoms with Crippen LogP contribution in [0, 0.1) is 11.3 Å². The predicted molar refractivity (Wildman–Crippen MR) is 68.3 cm³/mol. The topological polar surface area (TPSA) is 77.2 Å². The monoisotopic (exact) mass is 247 g/mol. The second kappa shape index (κ2) is 6.60. The van der Waals surface area contributed by atoms with Gasteiger partial charge in [-0.2, -0.15) is 5.26 Å². The Morgan fingerprint density at radius 1 is 1.61 bits per heavy atom. The van der Waals surface area contributed by atoms with E-state index in [1.807, 2.05) is 18.7 Å². The van der Waals surface area contributed by atoms with Crippen molar-refractivity contribution in [3.8, 4) is 6.07 Å². The fourth-order valence-corrected chi connectivity index (χ4v) is 1.77. The van der Waals surface area contributed by atoms with Crippen LogP contribution >= 0.6 is 0 Å². The molecule has 96 valence electrons. The van der Waals surface area contributed by atoms with Gasteiger partial charge in [0.25, 0.3) is 0 Å². The van der Waals surface area contributed by atoms with Crippen LogP contribution in [0.1, 0.15) is 32.3 Å². The van der Waals surface area contributed by atoms with Crippen LogP contribution in [0.2, 0.25) is 0 Å². The number of nitrogens with zero attached hydrogens (tertiary/aromatic N) is 3. The molecule has 0 bridgehead atoms. The summed E-state index contributed by atoms with van der Waals surface area (Å²) in [5.74, 6) is -0.801. The van der Waals surface area contributed by atoms with E-state index in [1.165, 1.54) is 0 Å². The highest BCUT2D eigenvalue weighted by atomic mass is 16.4. The summed E-state index contributed by atoms with van der Waals surface area (Å²) in [5.41, 5.74) is 1.33. The first-order valence-electron chi connectivity index (χ1n) is 5.88. The highest BCUT2D eigenvalue weighted by Gasteiger charge is 2.14. The zero-order chi connectivity index (χ0) is 13.5. The van der Waals surface area contributed by atoms with Crippen LogP contribution in [0.25, 0.3) is 0 Å². The molecule has 18 heavy (non-hydrogen) atoms. The largest absolute Gasteiger partial charge is 0.481 e. The highest BCUT2D eigenvalue weighted by Crippen LogP contribution is 2.21. The van der Waals surface area contributed by atoms with Crippen molar-refractivity contribution in [1.82, 2.24) is 4.98 Å². The quantitative estimate of drug-likeness (QED) is 0.832. The van der Waals surface area contributed by atoms with Crippen molar-refractivity contribution in [2.45, 2.75) is 32.7 Å². The molecule has 0 radical (unpaired) electrons. The normalized spacial score (nSPS) is 10.1. The van der Waals surface area contributed by atoms with Crippen molar-refractivity contribution in [2.24, 2.45) is 0 Å². The van der Waals surface area contributed by atoms with Gasteiger partial charge in [0, 0.05) is 25.2 Å². The van der Waals surface area contributed by atoms with E-state index < -0.39 is 5.97 Å². The van der Waals surface area contributed by atoms with Gasteiger partial charge in [0.1, 0.15) is 6.07 Å². The Morgan fingerprint density at radius 3 is 2.89 bits per heavy atom. The summed E-state index contributed by atoms with van der Waals surface area (Å²) in [7, 11) is 0. The van der Waals surface area contributed by atoms with Crippen molar-refractivity contribution in [2.75, 3.05) is 11.4 Å². The predicted octanol–water partition coefficient (Wildman–Crippen LogP) is 2.03. The van der Waals surface area contributed by atoms with Crippen LogP contribution in [0.5, 0.6) is 0 Å². The molecule has 5 nitrogen and oxygen atoms in total. The number of hydrogen-bond acceptors (Lipinski definition) is 4. The third-order valence-electron chi connectivity index (χ3n) is 2.64. The lowest BCUT2D eigenvalue weighted by molar-refractivity contribution is -0.137. The average Bonchev–Trinajstić information content (AvgIpc) is 2.34. The Morgan fingerprint density at radius 2 is 2.33 bits per heavy atom. The van der Waals surface area contributed by atoms with Crippen molar-refractivity contribution < 1.29 is 9.90 Å². The molecule has 0 amide bonds. The molecule has 0 saturated heterocycles. The molecule has 1 aromatic heterocycles. The SMILES string of the molecule is CC(C)N(CCCC(=O)O)c1cnccc1C#N. The van der Waals surface area contributed by atoms with Crippen LogP contribution < -0.4 is 4.90 Å². The van der Waals surface area contributed by atoms with E-state index in [0.29, 0.717) is 18.5 Å². The molecule has 0 aliphatic heterocycles. The molecule has 0 aliphatic rings. The molecule has 0 aliphatic carbocycles. The number of pyridine rings is 1. The van der Waals surface area contributed by atoms with Crippen molar-refractivity contribution in [3.05, 3.63) is 24.0 Å². The number of aromatic nitrogens is 1. The number of carboxylic acids is 1. The Labute approximate surface area is 107 Å². The Kier molecular flexibility index (Phi) is 5.12. The standard InChI is InChI=1S/C13H17N3O2/c1-10(2)16(7-3-4-13(17)18)12-9-15-6-5-11(12)8-14/h5-6,9-10H,3-4,7H2,1-2H3,(H,17,18). The van der Waals surface area contributed by atoms with Gasteiger partial charge in [0.2, 0.25) is 0 Å². The first-order valence-corrected chi connectivity index (χ1v) is 5.88. The summed E-state index contributed by atoms with van der Waals surface area (Å²) < 4.78 is 0. The maximum absolute atomic E-state index is 10.5. The number of carboxylic acid groups (broad SMARTS) is 1. The lowest BCUT2D eigenvalue weighted by Crippen LogP contribution is -2.32. The fraction of sp³-hybridized carbons (Fsp3) is 0.462. The van der Waals surface area contributed by atoms with E-state index in [2.05, 4.69) is 11.1 Å². The lowest BCUT2D eigenvalue weighted by atomic mass is 10.1. The summed E-state index contributed by atoms with van der Waals surface area (Å²) in [6, 6.07) is 3.99. The van der Waals surface area contributed by atoms with E-state index in [-0.39, 0.29) is 12.5 Å². The second-order valence-corrected chi connectivity index (χ2v) is 4.29. The number of rotatable bonds is 6. The first-order chi connectivity index (χ1) is 8.56. The lowest BCUT2D eigenvalue weighted by Gasteiger charge is -2.29. The zero-order valence-electron chi connectivity index (χ0n) is 10.6. The first kappa shape index (κ1) is 14.0. The molecular formula is C13H17N3O2. The zero-order valence-corrected chi connectivity index (χ0v) is 10.6. The maximum Gasteiger partial charge on any atom is 0.303 e. The molecular weight excluding hydrogens is 230 g/mol. The molecule has 1 heterocycles. The summed E-state index contributed by atoms with van der Waals surface area (Å²) in [5, 5.41) is 17.7. The molecule has 0 aromatic carbocycles. The van der Waals surface area contributed by atoms with E-state index in [4.69, 9.17) is 10.4 Å². The van der Waals surface area contributed by atoms with Gasteiger partial charge >= 0.3 is 5.97 Å². The van der Waals surface area contributed by atoms with Gasteiger partial charge in [0.15, 0.2) is 0 Å². The van der Waals surface area contributed by atoms with Crippen LogP contribution in [0.15, 0.2) is 18.5 Å². The van der Waals surface area contributed by atoms with Crippen LogP contribution in [-0.2, 0) is 4.79 Å². The van der Waals surface area contributed by atoms with Crippen molar-refractivity contribution >= 4 is 11.7 Å². The van der Waals surface area contributed by atoms with Gasteiger partial charge in [-0.05, 0) is 26.3 Å². The van der Waals surface area contributed by atoms with Gasteiger partial charge in [-0.1, -0.05) is 0 Å². The minimum atomic E-state index is -0.801. The minimum Gasteiger partial charge on any atom is -0.481 e. The van der Waals surface area contributed by atoms with Crippen LogP contribution in [0.4, 0.5) is 5.69 Å². The molecule has 1 N–H and O–H groups in total. The molecule has 0 fully saturated rings. The van der Waals surface area contributed by atoms with Gasteiger partial charge in [-0.25, -0.2) is 0 Å². The van der Waals surface area contributed by atoms with E-state index in [1.54, 1.807) is 18.5 Å². The number of carbonyl (C=O) groups is 1. The number of nitriles is 1. The Bertz CT molecular complexity index is 452. The third kappa shape index (κ3) is 3.74. The fourth-order valence-electron chi connectivity index (χ4n) is 1.77. The summed E-state index contributed by atoms with van der Waals surface area (Å²) >= 11 is 0.